The molecule has 2 N–H and O–H groups in total. The molecule has 2 aromatic rings. The summed E-state index contributed by atoms with van der Waals surface area (Å²) in [5, 5.41) is 5.88. The molecular weight excluding hydrogens is 486 g/mol. The van der Waals surface area contributed by atoms with Gasteiger partial charge < -0.3 is 24.8 Å². The summed E-state index contributed by atoms with van der Waals surface area (Å²) in [5.41, 5.74) is 0.364. The van der Waals surface area contributed by atoms with Crippen molar-refractivity contribution in [1.82, 2.24) is 14.9 Å². The molecule has 0 unspecified atom stereocenters. The predicted molar refractivity (Wildman–Crippen MR) is 129 cm³/mol. The molecule has 0 aromatic heterocycles. The summed E-state index contributed by atoms with van der Waals surface area (Å²) in [6, 6.07) is 10.5. The summed E-state index contributed by atoms with van der Waals surface area (Å²) >= 11 is 0. The number of hydrogen-bond acceptors (Lipinski definition) is 7. The van der Waals surface area contributed by atoms with Crippen LogP contribution in [0.1, 0.15) is 36.0 Å². The molecule has 2 aliphatic heterocycles. The Kier molecular flexibility index (Phi) is 6.76. The lowest BCUT2D eigenvalue weighted by atomic mass is 9.89. The monoisotopic (exact) mass is 515 g/mol. The van der Waals surface area contributed by atoms with E-state index in [1.165, 1.54) is 23.5 Å². The highest BCUT2D eigenvalue weighted by molar-refractivity contribution is 7.89. The van der Waals surface area contributed by atoms with Crippen molar-refractivity contribution in [2.75, 3.05) is 27.0 Å². The fraction of sp³-hybridized carbons (Fsp3) is 0.440. The number of amides is 2. The molecule has 2 amide bonds. The average Bonchev–Trinajstić information content (AvgIpc) is 3.59. The van der Waals surface area contributed by atoms with E-state index in [-0.39, 0.29) is 42.6 Å². The van der Waals surface area contributed by atoms with Gasteiger partial charge in [-0.25, -0.2) is 8.42 Å². The fourth-order valence-electron chi connectivity index (χ4n) is 4.52. The third-order valence-corrected chi connectivity index (χ3v) is 8.71. The van der Waals surface area contributed by atoms with Gasteiger partial charge >= 0.3 is 0 Å². The number of carbonyl (C=O) groups excluding carboxylic acids is 2. The standard InChI is InChI=1S/C25H29N3O7S/c1-33-19-5-7-20(8-6-19)36(31,32)28-12-10-16(11-13-28)23(25(30)26-18-3-4-18)27-24(29)17-2-9-21-22(14-17)35-15-34-21/h2,5-9,14,16,18,23H,3-4,10-13,15H2,1H3,(H,26,30)(H,27,29)/t23-/m1/s1. The minimum absolute atomic E-state index is 0.102. The lowest BCUT2D eigenvalue weighted by Crippen LogP contribution is -2.54. The minimum Gasteiger partial charge on any atom is -0.497 e. The number of ether oxygens (including phenoxy) is 3. The van der Waals surface area contributed by atoms with Crippen LogP contribution < -0.4 is 24.8 Å². The number of methoxy groups -OCH3 is 1. The third-order valence-electron chi connectivity index (χ3n) is 6.79. The Bertz CT molecular complexity index is 1240. The number of nitrogens with zero attached hydrogens (tertiary/aromatic N) is 1. The summed E-state index contributed by atoms with van der Waals surface area (Å²) in [4.78, 5) is 26.3. The molecule has 0 bridgehead atoms. The number of fused-ring (bicyclic) bond motifs is 1. The zero-order valence-corrected chi connectivity index (χ0v) is 20.8. The molecule has 1 atom stereocenters. The molecule has 1 saturated heterocycles. The number of nitrogens with one attached hydrogen (secondary N) is 2. The molecule has 1 saturated carbocycles. The van der Waals surface area contributed by atoms with E-state index in [9.17, 15) is 18.0 Å². The van der Waals surface area contributed by atoms with E-state index < -0.39 is 22.0 Å². The summed E-state index contributed by atoms with van der Waals surface area (Å²) in [5.74, 6) is 0.804. The Morgan fingerprint density at radius 3 is 2.36 bits per heavy atom. The summed E-state index contributed by atoms with van der Waals surface area (Å²) in [6.45, 7) is 0.614. The first-order chi connectivity index (χ1) is 17.3. The zero-order valence-electron chi connectivity index (χ0n) is 19.9. The van der Waals surface area contributed by atoms with Gasteiger partial charge in [-0.15, -0.1) is 0 Å². The van der Waals surface area contributed by atoms with Crippen molar-refractivity contribution < 1.29 is 32.2 Å². The minimum atomic E-state index is -3.67. The second-order valence-corrected chi connectivity index (χ2v) is 11.2. The van der Waals surface area contributed by atoms with Gasteiger partial charge in [-0.3, -0.25) is 9.59 Å². The summed E-state index contributed by atoms with van der Waals surface area (Å²) in [6.07, 6.45) is 2.74. The number of hydrogen-bond donors (Lipinski definition) is 2. The highest BCUT2D eigenvalue weighted by atomic mass is 32.2. The van der Waals surface area contributed by atoms with E-state index in [1.54, 1.807) is 30.3 Å². The zero-order chi connectivity index (χ0) is 25.3. The Morgan fingerprint density at radius 1 is 1.00 bits per heavy atom. The molecule has 11 heteroatoms. The Balaban J connectivity index is 1.27. The Morgan fingerprint density at radius 2 is 1.69 bits per heavy atom. The Labute approximate surface area is 209 Å². The van der Waals surface area contributed by atoms with Gasteiger partial charge in [0.25, 0.3) is 5.91 Å². The second-order valence-electron chi connectivity index (χ2n) is 9.22. The van der Waals surface area contributed by atoms with Crippen LogP contribution in [0.3, 0.4) is 0 Å². The normalized spacial score (nSPS) is 18.9. The fourth-order valence-corrected chi connectivity index (χ4v) is 5.99. The van der Waals surface area contributed by atoms with Crippen LogP contribution >= 0.6 is 0 Å². The largest absolute Gasteiger partial charge is 0.497 e. The van der Waals surface area contributed by atoms with Gasteiger partial charge in [-0.05, 0) is 74.1 Å². The van der Waals surface area contributed by atoms with E-state index in [0.29, 0.717) is 35.7 Å². The van der Waals surface area contributed by atoms with Crippen LogP contribution in [0.5, 0.6) is 17.2 Å². The van der Waals surface area contributed by atoms with Gasteiger partial charge in [0.2, 0.25) is 22.7 Å². The predicted octanol–water partition coefficient (Wildman–Crippen LogP) is 1.90. The van der Waals surface area contributed by atoms with Crippen molar-refractivity contribution in [3.8, 4) is 17.2 Å². The Hall–Kier alpha value is -3.31. The maximum atomic E-state index is 13.1. The molecule has 10 nitrogen and oxygen atoms in total. The quantitative estimate of drug-likeness (QED) is 0.550. The highest BCUT2D eigenvalue weighted by Gasteiger charge is 2.38. The molecule has 3 aliphatic rings. The van der Waals surface area contributed by atoms with E-state index in [0.717, 1.165) is 12.8 Å². The van der Waals surface area contributed by atoms with Crippen LogP contribution in [0.15, 0.2) is 47.4 Å². The van der Waals surface area contributed by atoms with Gasteiger partial charge in [0.15, 0.2) is 11.5 Å². The third kappa shape index (κ3) is 5.12. The molecular formula is C25H29N3O7S. The van der Waals surface area contributed by atoms with Gasteiger partial charge in [-0.2, -0.15) is 4.31 Å². The maximum Gasteiger partial charge on any atom is 0.252 e. The van der Waals surface area contributed by atoms with Crippen LogP contribution in [0.2, 0.25) is 0 Å². The molecule has 2 aromatic carbocycles. The van der Waals surface area contributed by atoms with Crippen LogP contribution in [-0.2, 0) is 14.8 Å². The second kappa shape index (κ2) is 9.98. The number of piperidine rings is 1. The number of benzene rings is 2. The van der Waals surface area contributed by atoms with Crippen LogP contribution in [-0.4, -0.2) is 63.6 Å². The van der Waals surface area contributed by atoms with Crippen molar-refractivity contribution in [2.24, 2.45) is 5.92 Å². The van der Waals surface area contributed by atoms with Gasteiger partial charge in [0, 0.05) is 24.7 Å². The molecule has 36 heavy (non-hydrogen) atoms. The topological polar surface area (TPSA) is 123 Å². The van der Waals surface area contributed by atoms with Crippen molar-refractivity contribution in [3.05, 3.63) is 48.0 Å². The van der Waals surface area contributed by atoms with E-state index in [2.05, 4.69) is 10.6 Å². The van der Waals surface area contributed by atoms with Crippen LogP contribution in [0, 0.1) is 5.92 Å². The SMILES string of the molecule is COc1ccc(S(=O)(=O)N2CCC([C@@H](NC(=O)c3ccc4c(c3)OCO4)C(=O)NC3CC3)CC2)cc1. The van der Waals surface area contributed by atoms with E-state index in [1.807, 2.05) is 0 Å². The van der Waals surface area contributed by atoms with Gasteiger partial charge in [-0.1, -0.05) is 0 Å². The summed E-state index contributed by atoms with van der Waals surface area (Å²) < 4.78 is 43.4. The van der Waals surface area contributed by atoms with Crippen LogP contribution in [0.25, 0.3) is 0 Å². The van der Waals surface area contributed by atoms with E-state index in [4.69, 9.17) is 14.2 Å². The lowest BCUT2D eigenvalue weighted by molar-refractivity contribution is -0.124. The number of carbonyl (C=O) groups is 2. The average molecular weight is 516 g/mol. The molecule has 5 rings (SSSR count). The molecule has 2 heterocycles. The molecule has 2 fully saturated rings. The van der Waals surface area contributed by atoms with Crippen LogP contribution in [0.4, 0.5) is 0 Å². The first-order valence-electron chi connectivity index (χ1n) is 12.0. The summed E-state index contributed by atoms with van der Waals surface area (Å²) in [7, 11) is -2.15. The molecule has 1 aliphatic carbocycles. The molecule has 0 radical (unpaired) electrons. The van der Waals surface area contributed by atoms with Crippen molar-refractivity contribution in [1.29, 1.82) is 0 Å². The smallest absolute Gasteiger partial charge is 0.252 e. The number of rotatable bonds is 8. The number of sulfonamides is 1. The first-order valence-corrected chi connectivity index (χ1v) is 13.4. The molecule has 192 valence electrons. The lowest BCUT2D eigenvalue weighted by Gasteiger charge is -2.35. The van der Waals surface area contributed by atoms with E-state index >= 15 is 0 Å². The van der Waals surface area contributed by atoms with Gasteiger partial charge in [0.1, 0.15) is 11.8 Å². The molecule has 0 spiro atoms. The maximum absolute atomic E-state index is 13.1. The van der Waals surface area contributed by atoms with Crippen molar-refractivity contribution in [2.45, 2.75) is 42.7 Å². The van der Waals surface area contributed by atoms with Crippen molar-refractivity contribution >= 4 is 21.8 Å². The van der Waals surface area contributed by atoms with Gasteiger partial charge in [0.05, 0.1) is 12.0 Å². The first kappa shape index (κ1) is 24.4. The van der Waals surface area contributed by atoms with Crippen molar-refractivity contribution in [3.63, 3.8) is 0 Å². The highest BCUT2D eigenvalue weighted by Crippen LogP contribution is 2.33.